The Bertz CT molecular complexity index is 1600. The van der Waals surface area contributed by atoms with E-state index in [0.29, 0.717) is 0 Å². The lowest BCUT2D eigenvalue weighted by Crippen LogP contribution is -2.37. The van der Waals surface area contributed by atoms with Gasteiger partial charge in [0.15, 0.2) is 11.5 Å². The van der Waals surface area contributed by atoms with Crippen molar-refractivity contribution in [3.05, 3.63) is 76.9 Å². The van der Waals surface area contributed by atoms with E-state index in [2.05, 4.69) is 5.32 Å². The number of methoxy groups -OCH3 is 2. The van der Waals surface area contributed by atoms with Crippen LogP contribution in [-0.2, 0) is 43.7 Å². The molecule has 1 amide bonds. The fourth-order valence-electron chi connectivity index (χ4n) is 4.77. The maximum Gasteiger partial charge on any atom is 0.412 e. The molecule has 0 radical (unpaired) electrons. The second-order valence-electron chi connectivity index (χ2n) is 11.0. The Labute approximate surface area is 251 Å². The Balaban J connectivity index is 1.99. The van der Waals surface area contributed by atoms with E-state index in [1.54, 1.807) is 32.9 Å². The highest BCUT2D eigenvalue weighted by molar-refractivity contribution is 7.92. The lowest BCUT2D eigenvalue weighted by atomic mass is 9.97. The number of nitrogens with zero attached hydrogens (tertiary/aromatic N) is 1. The molecule has 2 N–H and O–H groups in total. The van der Waals surface area contributed by atoms with Crippen molar-refractivity contribution in [3.63, 3.8) is 0 Å². The highest BCUT2D eigenvalue weighted by atomic mass is 32.2. The average Bonchev–Trinajstić information content (AvgIpc) is 3.30. The normalized spacial score (nSPS) is 14.6. The van der Waals surface area contributed by atoms with Gasteiger partial charge in [0, 0.05) is 6.42 Å². The predicted octanol–water partition coefficient (Wildman–Crippen LogP) is 4.71. The van der Waals surface area contributed by atoms with Gasteiger partial charge in [-0.25, -0.2) is 17.5 Å². The topological polar surface area (TPSA) is 141 Å². The molecule has 1 heterocycles. The van der Waals surface area contributed by atoms with Crippen LogP contribution in [0.15, 0.2) is 59.5 Å². The van der Waals surface area contributed by atoms with Crippen molar-refractivity contribution in [3.8, 4) is 11.5 Å². The van der Waals surface area contributed by atoms with Crippen LogP contribution in [0.4, 0.5) is 16.2 Å². The molecule has 3 aromatic rings. The fraction of sp³-hybridized carbons (Fsp3) is 0.355. The van der Waals surface area contributed by atoms with E-state index < -0.39 is 33.9 Å². The minimum Gasteiger partial charge on any atom is -0.491 e. The third-order valence-corrected chi connectivity index (χ3v) is 8.47. The van der Waals surface area contributed by atoms with E-state index in [-0.39, 0.29) is 58.3 Å². The zero-order chi connectivity index (χ0) is 31.5. The molecule has 0 spiro atoms. The van der Waals surface area contributed by atoms with Crippen molar-refractivity contribution in [1.29, 1.82) is 0 Å². The number of hydrogen-bond donors (Lipinski definition) is 2. The highest BCUT2D eigenvalue weighted by Gasteiger charge is 2.44. The standard InChI is InChI=1S/C31H36N2O9S/c1-19-12-14-21(15-13-19)43(37,38)33-24(34)16-23-22(17-25(35)39-5)26(32-30(36)42-31(2,3)4)28(40-6)29(27(23)33)41-18-20-10-8-7-9-11-20/h7-15,24,34H,16-18H2,1-6H3,(H,32,36). The SMILES string of the molecule is COC(=O)Cc1c2c(c(OCc3ccccc3)c(OC)c1NC(=O)OC(C)(C)C)N(S(=O)(=O)c1ccc(C)cc1)C(O)C2. The second kappa shape index (κ2) is 12.5. The summed E-state index contributed by atoms with van der Waals surface area (Å²) >= 11 is 0. The van der Waals surface area contributed by atoms with E-state index >= 15 is 0 Å². The molecule has 0 saturated heterocycles. The van der Waals surface area contributed by atoms with E-state index in [1.807, 2.05) is 37.3 Å². The summed E-state index contributed by atoms with van der Waals surface area (Å²) in [6.07, 6.45) is -2.97. The smallest absolute Gasteiger partial charge is 0.412 e. The van der Waals surface area contributed by atoms with Gasteiger partial charge < -0.3 is 24.1 Å². The number of aliphatic hydroxyl groups is 1. The molecule has 1 atom stereocenters. The first kappa shape index (κ1) is 31.6. The summed E-state index contributed by atoms with van der Waals surface area (Å²) < 4.78 is 51.3. The van der Waals surface area contributed by atoms with Gasteiger partial charge in [0.25, 0.3) is 10.0 Å². The van der Waals surface area contributed by atoms with Crippen LogP contribution in [0.3, 0.4) is 0 Å². The number of aliphatic hydroxyl groups excluding tert-OH is 1. The molecule has 0 saturated carbocycles. The van der Waals surface area contributed by atoms with E-state index in [4.69, 9.17) is 18.9 Å². The van der Waals surface area contributed by atoms with Gasteiger partial charge in [-0.1, -0.05) is 48.0 Å². The third kappa shape index (κ3) is 6.86. The van der Waals surface area contributed by atoms with E-state index in [1.165, 1.54) is 26.4 Å². The van der Waals surface area contributed by atoms with Gasteiger partial charge in [-0.2, -0.15) is 0 Å². The minimum atomic E-state index is -4.34. The maximum absolute atomic E-state index is 14.0. The van der Waals surface area contributed by atoms with Gasteiger partial charge >= 0.3 is 12.1 Å². The monoisotopic (exact) mass is 612 g/mol. The molecule has 0 aliphatic carbocycles. The third-order valence-electron chi connectivity index (χ3n) is 6.66. The molecule has 3 aromatic carbocycles. The summed E-state index contributed by atoms with van der Waals surface area (Å²) in [6, 6.07) is 15.4. The summed E-state index contributed by atoms with van der Waals surface area (Å²) in [4.78, 5) is 25.6. The second-order valence-corrected chi connectivity index (χ2v) is 12.8. The van der Waals surface area contributed by atoms with Crippen LogP contribution in [0.1, 0.15) is 43.0 Å². The number of ether oxygens (including phenoxy) is 4. The number of sulfonamides is 1. The first-order chi connectivity index (χ1) is 20.3. The number of hydrogen-bond acceptors (Lipinski definition) is 9. The molecule has 0 aromatic heterocycles. The van der Waals surface area contributed by atoms with Crippen LogP contribution in [0.5, 0.6) is 11.5 Å². The number of aryl methyl sites for hydroxylation is 1. The van der Waals surface area contributed by atoms with Crippen LogP contribution in [0.25, 0.3) is 0 Å². The number of nitrogens with one attached hydrogen (secondary N) is 1. The first-order valence-electron chi connectivity index (χ1n) is 13.5. The molecule has 0 fully saturated rings. The summed E-state index contributed by atoms with van der Waals surface area (Å²) in [5, 5.41) is 14.0. The molecule has 11 nitrogen and oxygen atoms in total. The fourth-order valence-corrected chi connectivity index (χ4v) is 6.30. The largest absolute Gasteiger partial charge is 0.491 e. The van der Waals surface area contributed by atoms with Crippen molar-refractivity contribution < 1.29 is 42.1 Å². The van der Waals surface area contributed by atoms with Gasteiger partial charge in [0.05, 0.1) is 31.2 Å². The molecule has 0 bridgehead atoms. The van der Waals surface area contributed by atoms with Crippen molar-refractivity contribution in [2.45, 2.75) is 63.9 Å². The van der Waals surface area contributed by atoms with Gasteiger partial charge in [0.1, 0.15) is 24.1 Å². The average molecular weight is 613 g/mol. The molecule has 1 unspecified atom stereocenters. The van der Waals surface area contributed by atoms with Crippen LogP contribution in [0, 0.1) is 6.92 Å². The number of rotatable bonds is 9. The zero-order valence-corrected chi connectivity index (χ0v) is 25.8. The van der Waals surface area contributed by atoms with Crippen molar-refractivity contribution in [2.24, 2.45) is 0 Å². The Morgan fingerprint density at radius 3 is 2.26 bits per heavy atom. The number of carbonyl (C=O) groups excluding carboxylic acids is 2. The molecule has 230 valence electrons. The van der Waals surface area contributed by atoms with Crippen molar-refractivity contribution in [2.75, 3.05) is 23.8 Å². The molecule has 1 aliphatic heterocycles. The Kier molecular flexibility index (Phi) is 9.21. The Morgan fingerprint density at radius 1 is 1.02 bits per heavy atom. The quantitative estimate of drug-likeness (QED) is 0.329. The highest BCUT2D eigenvalue weighted by Crippen LogP contribution is 2.54. The lowest BCUT2D eigenvalue weighted by molar-refractivity contribution is -0.139. The van der Waals surface area contributed by atoms with Gasteiger partial charge in [-0.15, -0.1) is 0 Å². The van der Waals surface area contributed by atoms with Crippen molar-refractivity contribution >= 4 is 33.5 Å². The van der Waals surface area contributed by atoms with Crippen LogP contribution in [-0.4, -0.2) is 51.6 Å². The molecule has 1 aliphatic rings. The summed E-state index contributed by atoms with van der Waals surface area (Å²) in [6.45, 7) is 6.91. The lowest BCUT2D eigenvalue weighted by Gasteiger charge is -2.28. The molecular weight excluding hydrogens is 576 g/mol. The Morgan fingerprint density at radius 2 is 1.67 bits per heavy atom. The number of amides is 1. The number of benzene rings is 3. The molecule has 43 heavy (non-hydrogen) atoms. The number of esters is 1. The van der Waals surface area contributed by atoms with Crippen LogP contribution < -0.4 is 19.1 Å². The van der Waals surface area contributed by atoms with Crippen molar-refractivity contribution in [1.82, 2.24) is 0 Å². The summed E-state index contributed by atoms with van der Waals surface area (Å²) in [7, 11) is -1.81. The Hall–Kier alpha value is -4.29. The predicted molar refractivity (Wildman–Crippen MR) is 160 cm³/mol. The van der Waals surface area contributed by atoms with E-state index in [0.717, 1.165) is 15.4 Å². The maximum atomic E-state index is 14.0. The zero-order valence-electron chi connectivity index (χ0n) is 25.0. The van der Waals surface area contributed by atoms with Crippen LogP contribution in [0.2, 0.25) is 0 Å². The van der Waals surface area contributed by atoms with Crippen LogP contribution >= 0.6 is 0 Å². The minimum absolute atomic E-state index is 0.000377. The molecular formula is C31H36N2O9S. The van der Waals surface area contributed by atoms with E-state index in [9.17, 15) is 23.1 Å². The molecule has 12 heteroatoms. The number of anilines is 2. The van der Waals surface area contributed by atoms with Gasteiger partial charge in [-0.3, -0.25) is 10.1 Å². The first-order valence-corrected chi connectivity index (χ1v) is 15.0. The summed E-state index contributed by atoms with van der Waals surface area (Å²) in [5.41, 5.74) is 1.26. The molecule has 4 rings (SSSR count). The number of carbonyl (C=O) groups is 2. The summed E-state index contributed by atoms with van der Waals surface area (Å²) in [5.74, 6) is -0.769. The van der Waals surface area contributed by atoms with Gasteiger partial charge in [0.2, 0.25) is 0 Å². The number of fused-ring (bicyclic) bond motifs is 1. The van der Waals surface area contributed by atoms with Gasteiger partial charge in [-0.05, 0) is 56.5 Å².